The molecule has 1 unspecified atom stereocenters. The lowest BCUT2D eigenvalue weighted by Gasteiger charge is -2.17. The molecule has 0 saturated carbocycles. The second kappa shape index (κ2) is 12.1. The van der Waals surface area contributed by atoms with Crippen molar-refractivity contribution in [2.75, 3.05) is 13.7 Å². The molecule has 4 aromatic rings. The zero-order valence-electron chi connectivity index (χ0n) is 20.7. The molecule has 2 heterocycles. The molecule has 38 heavy (non-hydrogen) atoms. The molecule has 0 saturated heterocycles. The minimum absolute atomic E-state index is 0.0211. The summed E-state index contributed by atoms with van der Waals surface area (Å²) < 4.78 is 18.5. The molecule has 1 atom stereocenters. The largest absolute Gasteiger partial charge is 0.493 e. The SMILES string of the molecule is COc1cc(-n2cnc3cc(-c4ccc(Cl)cc4)sc3c2=O)ccc1OCC(C)OC(=O)CCCC(=O)O. The van der Waals surface area contributed by atoms with Gasteiger partial charge in [0.2, 0.25) is 0 Å². The Bertz CT molecular complexity index is 1510. The summed E-state index contributed by atoms with van der Waals surface area (Å²) in [6, 6.07) is 14.3. The molecule has 2 aromatic carbocycles. The molecule has 9 nitrogen and oxygen atoms in total. The van der Waals surface area contributed by atoms with Crippen LogP contribution in [0.4, 0.5) is 0 Å². The standard InChI is InChI=1S/C27H25ClN2O7S/c1-16(37-25(33)5-3-4-24(31)32)14-36-21-11-10-19(12-22(21)35-2)30-15-29-20-13-23(38-26(20)27(30)34)17-6-8-18(28)9-7-17/h6-13,15-16H,3-5,14H2,1-2H3,(H,31,32). The highest BCUT2D eigenvalue weighted by atomic mass is 35.5. The Balaban J connectivity index is 1.48. The number of hydrogen-bond acceptors (Lipinski definition) is 8. The molecule has 0 fully saturated rings. The van der Waals surface area contributed by atoms with Gasteiger partial charge in [-0.3, -0.25) is 19.0 Å². The van der Waals surface area contributed by atoms with Crippen LogP contribution in [0.25, 0.3) is 26.3 Å². The third kappa shape index (κ3) is 6.51. The third-order valence-corrected chi connectivity index (χ3v) is 6.98. The number of carbonyl (C=O) groups is 2. The van der Waals surface area contributed by atoms with Gasteiger partial charge in [0.25, 0.3) is 5.56 Å². The van der Waals surface area contributed by atoms with E-state index in [1.807, 2.05) is 18.2 Å². The lowest BCUT2D eigenvalue weighted by Crippen LogP contribution is -2.22. The number of hydrogen-bond donors (Lipinski definition) is 1. The van der Waals surface area contributed by atoms with Gasteiger partial charge in [0.05, 0.1) is 18.3 Å². The number of rotatable bonds is 11. The highest BCUT2D eigenvalue weighted by Gasteiger charge is 2.16. The van der Waals surface area contributed by atoms with Crippen LogP contribution in [-0.2, 0) is 14.3 Å². The van der Waals surface area contributed by atoms with Gasteiger partial charge >= 0.3 is 11.9 Å². The van der Waals surface area contributed by atoms with E-state index >= 15 is 0 Å². The Morgan fingerprint density at radius 2 is 1.87 bits per heavy atom. The predicted molar refractivity (Wildman–Crippen MR) is 145 cm³/mol. The maximum Gasteiger partial charge on any atom is 0.306 e. The summed E-state index contributed by atoms with van der Waals surface area (Å²) in [5, 5.41) is 9.30. The summed E-state index contributed by atoms with van der Waals surface area (Å²) in [5.41, 5.74) is 1.90. The molecule has 0 spiro atoms. The van der Waals surface area contributed by atoms with Crippen molar-refractivity contribution in [3.8, 4) is 27.6 Å². The van der Waals surface area contributed by atoms with E-state index in [2.05, 4.69) is 4.98 Å². The maximum atomic E-state index is 13.3. The number of methoxy groups -OCH3 is 1. The van der Waals surface area contributed by atoms with E-state index in [-0.39, 0.29) is 31.4 Å². The molecule has 0 aliphatic heterocycles. The van der Waals surface area contributed by atoms with Crippen LogP contribution in [0.3, 0.4) is 0 Å². The monoisotopic (exact) mass is 556 g/mol. The number of carboxylic acid groups (broad SMARTS) is 1. The third-order valence-electron chi connectivity index (χ3n) is 5.57. The summed E-state index contributed by atoms with van der Waals surface area (Å²) in [6.07, 6.45) is 1.06. The summed E-state index contributed by atoms with van der Waals surface area (Å²) in [7, 11) is 1.49. The maximum absolute atomic E-state index is 13.3. The first-order valence-corrected chi connectivity index (χ1v) is 12.9. The number of carbonyl (C=O) groups excluding carboxylic acids is 1. The first kappa shape index (κ1) is 27.2. The number of benzene rings is 2. The molecule has 11 heteroatoms. The molecule has 0 amide bonds. The van der Waals surface area contributed by atoms with Crippen molar-refractivity contribution in [2.24, 2.45) is 0 Å². The number of aliphatic carboxylic acids is 1. The van der Waals surface area contributed by atoms with Crippen molar-refractivity contribution in [2.45, 2.75) is 32.3 Å². The van der Waals surface area contributed by atoms with Crippen molar-refractivity contribution in [3.63, 3.8) is 0 Å². The lowest BCUT2D eigenvalue weighted by molar-refractivity contribution is -0.149. The minimum atomic E-state index is -0.958. The van der Waals surface area contributed by atoms with Gasteiger partial charge in [0.15, 0.2) is 11.5 Å². The summed E-state index contributed by atoms with van der Waals surface area (Å²) in [4.78, 5) is 41.1. The normalized spacial score (nSPS) is 11.8. The first-order valence-electron chi connectivity index (χ1n) is 11.7. The Morgan fingerprint density at radius 1 is 1.11 bits per heavy atom. The van der Waals surface area contributed by atoms with Gasteiger partial charge in [-0.15, -0.1) is 11.3 Å². The van der Waals surface area contributed by atoms with Crippen LogP contribution >= 0.6 is 22.9 Å². The molecule has 2 aromatic heterocycles. The Kier molecular flexibility index (Phi) is 8.65. The highest BCUT2D eigenvalue weighted by molar-refractivity contribution is 7.22. The fourth-order valence-electron chi connectivity index (χ4n) is 3.69. The summed E-state index contributed by atoms with van der Waals surface area (Å²) >= 11 is 7.35. The molecule has 0 radical (unpaired) electrons. The van der Waals surface area contributed by atoms with Crippen molar-refractivity contribution in [3.05, 3.63) is 70.2 Å². The van der Waals surface area contributed by atoms with Gasteiger partial charge in [-0.2, -0.15) is 0 Å². The average molecular weight is 557 g/mol. The van der Waals surface area contributed by atoms with Gasteiger partial charge in [-0.25, -0.2) is 4.98 Å². The van der Waals surface area contributed by atoms with Crippen molar-refractivity contribution >= 4 is 45.1 Å². The van der Waals surface area contributed by atoms with Gasteiger partial charge in [0.1, 0.15) is 23.7 Å². The summed E-state index contributed by atoms with van der Waals surface area (Å²) in [6.45, 7) is 1.74. The van der Waals surface area contributed by atoms with Crippen molar-refractivity contribution < 1.29 is 28.9 Å². The van der Waals surface area contributed by atoms with Gasteiger partial charge in [-0.05, 0) is 49.2 Å². The van der Waals surface area contributed by atoms with Crippen molar-refractivity contribution in [1.29, 1.82) is 0 Å². The lowest BCUT2D eigenvalue weighted by atomic mass is 10.2. The van der Waals surface area contributed by atoms with E-state index in [0.29, 0.717) is 32.4 Å². The van der Waals surface area contributed by atoms with E-state index in [0.717, 1.165) is 10.4 Å². The van der Waals surface area contributed by atoms with Gasteiger partial charge in [-0.1, -0.05) is 23.7 Å². The number of thiophene rings is 1. The number of ether oxygens (including phenoxy) is 3. The molecule has 0 aliphatic carbocycles. The Morgan fingerprint density at radius 3 is 2.58 bits per heavy atom. The number of fused-ring (bicyclic) bond motifs is 1. The van der Waals surface area contributed by atoms with E-state index in [1.54, 1.807) is 37.3 Å². The zero-order chi connectivity index (χ0) is 27.2. The number of nitrogens with zero attached hydrogens (tertiary/aromatic N) is 2. The smallest absolute Gasteiger partial charge is 0.306 e. The molecular formula is C27H25ClN2O7S. The number of halogens is 1. The zero-order valence-corrected chi connectivity index (χ0v) is 22.3. The van der Waals surface area contributed by atoms with E-state index in [1.165, 1.54) is 29.3 Å². The highest BCUT2D eigenvalue weighted by Crippen LogP contribution is 2.33. The minimum Gasteiger partial charge on any atom is -0.493 e. The molecular weight excluding hydrogens is 532 g/mol. The molecule has 4 rings (SSSR count). The Labute approximate surface area is 227 Å². The van der Waals surface area contributed by atoms with Gasteiger partial charge in [0, 0.05) is 28.8 Å². The van der Waals surface area contributed by atoms with Crippen LogP contribution in [0.15, 0.2) is 59.7 Å². The quantitative estimate of drug-likeness (QED) is 0.246. The van der Waals surface area contributed by atoms with E-state index in [9.17, 15) is 14.4 Å². The fourth-order valence-corrected chi connectivity index (χ4v) is 4.86. The van der Waals surface area contributed by atoms with Crippen LogP contribution in [0.2, 0.25) is 5.02 Å². The number of aromatic nitrogens is 2. The van der Waals surface area contributed by atoms with E-state index < -0.39 is 18.0 Å². The fraction of sp³-hybridized carbons (Fsp3) is 0.259. The van der Waals surface area contributed by atoms with Crippen LogP contribution < -0.4 is 15.0 Å². The Hall–Kier alpha value is -3.89. The van der Waals surface area contributed by atoms with Crippen LogP contribution in [0.1, 0.15) is 26.2 Å². The second-order valence-corrected chi connectivity index (χ2v) is 9.93. The molecule has 198 valence electrons. The van der Waals surface area contributed by atoms with Crippen LogP contribution in [0.5, 0.6) is 11.5 Å². The number of carboxylic acids is 1. The summed E-state index contributed by atoms with van der Waals surface area (Å²) in [5.74, 6) is -0.642. The van der Waals surface area contributed by atoms with E-state index in [4.69, 9.17) is 30.9 Å². The predicted octanol–water partition coefficient (Wildman–Crippen LogP) is 5.34. The molecule has 1 N–H and O–H groups in total. The topological polar surface area (TPSA) is 117 Å². The van der Waals surface area contributed by atoms with Crippen LogP contribution in [-0.4, -0.2) is 46.4 Å². The number of esters is 1. The molecule has 0 bridgehead atoms. The van der Waals surface area contributed by atoms with Crippen LogP contribution in [0, 0.1) is 0 Å². The average Bonchev–Trinajstić information content (AvgIpc) is 3.33. The van der Waals surface area contributed by atoms with Gasteiger partial charge < -0.3 is 19.3 Å². The molecule has 0 aliphatic rings. The second-order valence-electron chi connectivity index (χ2n) is 8.45. The first-order chi connectivity index (χ1) is 18.2. The van der Waals surface area contributed by atoms with Crippen molar-refractivity contribution in [1.82, 2.24) is 9.55 Å².